The average Bonchev–Trinajstić information content (AvgIpc) is 3.14. The van der Waals surface area contributed by atoms with Gasteiger partial charge in [0.2, 0.25) is 5.89 Å². The Bertz CT molecular complexity index is 904. The normalized spacial score (nSPS) is 15.7. The van der Waals surface area contributed by atoms with E-state index in [9.17, 15) is 0 Å². The van der Waals surface area contributed by atoms with Crippen LogP contribution >= 0.6 is 11.8 Å². The number of hydrogen-bond acceptors (Lipinski definition) is 6. The number of pyridine rings is 1. The van der Waals surface area contributed by atoms with E-state index in [0.717, 1.165) is 55.1 Å². The first kappa shape index (κ1) is 20.1. The van der Waals surface area contributed by atoms with E-state index >= 15 is 0 Å². The molecule has 0 radical (unpaired) electrons. The van der Waals surface area contributed by atoms with Gasteiger partial charge in [0, 0.05) is 42.5 Å². The average molecular weight is 410 g/mol. The molecule has 4 rings (SSSR count). The molecular formula is C23H27N3O2S. The lowest BCUT2D eigenvalue weighted by molar-refractivity contribution is -0.00427. The van der Waals surface area contributed by atoms with Crippen LogP contribution in [-0.2, 0) is 17.9 Å². The fourth-order valence-electron chi connectivity index (χ4n) is 3.58. The maximum atomic E-state index is 6.07. The summed E-state index contributed by atoms with van der Waals surface area (Å²) in [5.74, 6) is 1.61. The third-order valence-electron chi connectivity index (χ3n) is 5.35. The zero-order valence-electron chi connectivity index (χ0n) is 17.0. The Labute approximate surface area is 176 Å². The monoisotopic (exact) mass is 409 g/mol. The van der Waals surface area contributed by atoms with Crippen molar-refractivity contribution in [2.24, 2.45) is 0 Å². The van der Waals surface area contributed by atoms with Crippen LogP contribution in [0.2, 0.25) is 0 Å². The van der Waals surface area contributed by atoms with Gasteiger partial charge in [-0.05, 0) is 61.9 Å². The highest BCUT2D eigenvalue weighted by Crippen LogP contribution is 2.26. The van der Waals surface area contributed by atoms with Gasteiger partial charge in [-0.2, -0.15) is 0 Å². The summed E-state index contributed by atoms with van der Waals surface area (Å²) >= 11 is 1.74. The second-order valence-corrected chi connectivity index (χ2v) is 8.28. The quantitative estimate of drug-likeness (QED) is 0.515. The van der Waals surface area contributed by atoms with Gasteiger partial charge < -0.3 is 9.15 Å². The lowest BCUT2D eigenvalue weighted by atomic mass is 10.1. The Kier molecular flexibility index (Phi) is 6.64. The molecule has 6 heteroatoms. The maximum Gasteiger partial charge on any atom is 0.226 e. The Hall–Kier alpha value is -2.15. The lowest BCUT2D eigenvalue weighted by Gasteiger charge is -2.31. The molecule has 0 bridgehead atoms. The van der Waals surface area contributed by atoms with Crippen LogP contribution in [0.25, 0.3) is 11.5 Å². The van der Waals surface area contributed by atoms with Gasteiger partial charge in [-0.15, -0.1) is 11.8 Å². The predicted molar refractivity (Wildman–Crippen MR) is 116 cm³/mol. The van der Waals surface area contributed by atoms with Crippen LogP contribution in [0.3, 0.4) is 0 Å². The Morgan fingerprint density at radius 1 is 1.17 bits per heavy atom. The van der Waals surface area contributed by atoms with E-state index in [2.05, 4.69) is 46.5 Å². The summed E-state index contributed by atoms with van der Waals surface area (Å²) in [6, 6.07) is 12.4. The van der Waals surface area contributed by atoms with E-state index in [1.54, 1.807) is 18.0 Å². The Morgan fingerprint density at radius 2 is 1.97 bits per heavy atom. The predicted octanol–water partition coefficient (Wildman–Crippen LogP) is 4.95. The van der Waals surface area contributed by atoms with Crippen molar-refractivity contribution in [3.63, 3.8) is 0 Å². The third kappa shape index (κ3) is 5.26. The number of piperidine rings is 1. The second-order valence-electron chi connectivity index (χ2n) is 7.40. The standard InChI is InChI=1S/C23H27N3O2S/c1-17-22(25-23(28-17)19-5-7-21(29-2)8-6-19)15-26-12-9-20(10-13-26)27-16-18-4-3-11-24-14-18/h3-8,11,14,20H,9-10,12-13,15-16H2,1-2H3. The van der Waals surface area contributed by atoms with Crippen molar-refractivity contribution in [1.82, 2.24) is 14.9 Å². The summed E-state index contributed by atoms with van der Waals surface area (Å²) in [6.07, 6.45) is 8.14. The van der Waals surface area contributed by atoms with E-state index < -0.39 is 0 Å². The van der Waals surface area contributed by atoms with Gasteiger partial charge >= 0.3 is 0 Å². The second kappa shape index (κ2) is 9.57. The minimum absolute atomic E-state index is 0.315. The van der Waals surface area contributed by atoms with Crippen LogP contribution in [0.15, 0.2) is 58.1 Å². The van der Waals surface area contributed by atoms with Crippen LogP contribution in [0.1, 0.15) is 29.9 Å². The van der Waals surface area contributed by atoms with Gasteiger partial charge in [-0.25, -0.2) is 4.98 Å². The third-order valence-corrected chi connectivity index (χ3v) is 6.09. The molecule has 1 aliphatic rings. The van der Waals surface area contributed by atoms with E-state index in [-0.39, 0.29) is 0 Å². The van der Waals surface area contributed by atoms with Gasteiger partial charge in [-0.3, -0.25) is 9.88 Å². The smallest absolute Gasteiger partial charge is 0.226 e. The number of oxazole rings is 1. The molecule has 1 aliphatic heterocycles. The topological polar surface area (TPSA) is 51.4 Å². The molecule has 0 unspecified atom stereocenters. The van der Waals surface area contributed by atoms with Crippen LogP contribution in [0.4, 0.5) is 0 Å². The highest BCUT2D eigenvalue weighted by molar-refractivity contribution is 7.98. The van der Waals surface area contributed by atoms with Gasteiger partial charge in [0.05, 0.1) is 18.4 Å². The molecule has 0 aliphatic carbocycles. The molecule has 1 fully saturated rings. The summed E-state index contributed by atoms with van der Waals surface area (Å²) in [7, 11) is 0. The van der Waals surface area contributed by atoms with Crippen molar-refractivity contribution in [2.45, 2.75) is 43.9 Å². The summed E-state index contributed by atoms with van der Waals surface area (Å²) in [4.78, 5) is 12.6. The SMILES string of the molecule is CSc1ccc(-c2nc(CN3CCC(OCc4cccnc4)CC3)c(C)o2)cc1. The minimum atomic E-state index is 0.315. The van der Waals surface area contributed by atoms with Crippen LogP contribution in [0.5, 0.6) is 0 Å². The fraction of sp³-hybridized carbons (Fsp3) is 0.391. The summed E-state index contributed by atoms with van der Waals surface area (Å²) in [5.41, 5.74) is 3.19. The molecule has 0 spiro atoms. The Balaban J connectivity index is 1.29. The number of nitrogens with zero attached hydrogens (tertiary/aromatic N) is 3. The molecule has 1 aromatic carbocycles. The number of ether oxygens (including phenoxy) is 1. The van der Waals surface area contributed by atoms with E-state index in [1.807, 2.05) is 19.2 Å². The first-order chi connectivity index (χ1) is 14.2. The zero-order chi connectivity index (χ0) is 20.1. The van der Waals surface area contributed by atoms with E-state index in [4.69, 9.17) is 14.1 Å². The lowest BCUT2D eigenvalue weighted by Crippen LogP contribution is -2.36. The highest BCUT2D eigenvalue weighted by atomic mass is 32.2. The van der Waals surface area contributed by atoms with Crippen molar-refractivity contribution in [3.8, 4) is 11.5 Å². The summed E-state index contributed by atoms with van der Waals surface area (Å²) in [6.45, 7) is 5.50. The molecule has 5 nitrogen and oxygen atoms in total. The fourth-order valence-corrected chi connectivity index (χ4v) is 3.98. The first-order valence-corrected chi connectivity index (χ1v) is 11.3. The van der Waals surface area contributed by atoms with Crippen molar-refractivity contribution < 1.29 is 9.15 Å². The maximum absolute atomic E-state index is 6.07. The van der Waals surface area contributed by atoms with Crippen molar-refractivity contribution >= 4 is 11.8 Å². The van der Waals surface area contributed by atoms with Gasteiger partial charge in [0.1, 0.15) is 5.76 Å². The molecule has 2 aromatic heterocycles. The molecule has 152 valence electrons. The van der Waals surface area contributed by atoms with Gasteiger partial charge in [-0.1, -0.05) is 6.07 Å². The molecule has 3 heterocycles. The van der Waals surface area contributed by atoms with Gasteiger partial charge in [0.25, 0.3) is 0 Å². The van der Waals surface area contributed by atoms with E-state index in [0.29, 0.717) is 18.6 Å². The van der Waals surface area contributed by atoms with Crippen LogP contribution < -0.4 is 0 Å². The number of hydrogen-bond donors (Lipinski definition) is 0. The van der Waals surface area contributed by atoms with Gasteiger partial charge in [0.15, 0.2) is 0 Å². The van der Waals surface area contributed by atoms with Crippen LogP contribution in [0, 0.1) is 6.92 Å². The Morgan fingerprint density at radius 3 is 2.66 bits per heavy atom. The molecule has 0 atom stereocenters. The molecule has 1 saturated heterocycles. The van der Waals surface area contributed by atoms with Crippen molar-refractivity contribution in [3.05, 3.63) is 65.8 Å². The number of thioether (sulfide) groups is 1. The first-order valence-electron chi connectivity index (χ1n) is 10.0. The number of aryl methyl sites for hydroxylation is 1. The molecular weight excluding hydrogens is 382 g/mol. The summed E-state index contributed by atoms with van der Waals surface area (Å²) < 4.78 is 12.0. The summed E-state index contributed by atoms with van der Waals surface area (Å²) in [5, 5.41) is 0. The highest BCUT2D eigenvalue weighted by Gasteiger charge is 2.22. The number of benzene rings is 1. The van der Waals surface area contributed by atoms with Crippen molar-refractivity contribution in [2.75, 3.05) is 19.3 Å². The molecule has 0 amide bonds. The van der Waals surface area contributed by atoms with Crippen molar-refractivity contribution in [1.29, 1.82) is 0 Å². The molecule has 0 N–H and O–H groups in total. The zero-order valence-corrected chi connectivity index (χ0v) is 17.8. The van der Waals surface area contributed by atoms with E-state index in [1.165, 1.54) is 4.90 Å². The van der Waals surface area contributed by atoms with Crippen LogP contribution in [-0.4, -0.2) is 40.3 Å². The molecule has 29 heavy (non-hydrogen) atoms. The number of likely N-dealkylation sites (tertiary alicyclic amines) is 1. The molecule has 3 aromatic rings. The largest absolute Gasteiger partial charge is 0.441 e. The number of aromatic nitrogens is 2. The molecule has 0 saturated carbocycles. The minimum Gasteiger partial charge on any atom is -0.441 e. The number of rotatable bonds is 7.